The van der Waals surface area contributed by atoms with E-state index in [9.17, 15) is 0 Å². The maximum Gasteiger partial charge on any atom is -0.00741 e. The Balaban J connectivity index is 2.93. The summed E-state index contributed by atoms with van der Waals surface area (Å²) in [4.78, 5) is 0. The molecule has 1 nitrogen and oxygen atoms in total. The maximum atomic E-state index is 5.56. The van der Waals surface area contributed by atoms with Gasteiger partial charge in [0.25, 0.3) is 0 Å². The van der Waals surface area contributed by atoms with Crippen LogP contribution in [0.25, 0.3) is 0 Å². The van der Waals surface area contributed by atoms with E-state index in [0.717, 1.165) is 32.2 Å². The molecule has 0 amide bonds. The van der Waals surface area contributed by atoms with E-state index in [0.29, 0.717) is 0 Å². The summed E-state index contributed by atoms with van der Waals surface area (Å²) in [6.07, 6.45) is 4.51. The molecule has 2 N–H and O–H groups in total. The zero-order chi connectivity index (χ0) is 10.4. The van der Waals surface area contributed by atoms with Crippen molar-refractivity contribution in [1.82, 2.24) is 0 Å². The normalized spacial score (nSPS) is 10.5. The van der Waals surface area contributed by atoms with Gasteiger partial charge in [0.15, 0.2) is 0 Å². The highest BCUT2D eigenvalue weighted by Gasteiger charge is 2.04. The van der Waals surface area contributed by atoms with Crippen LogP contribution < -0.4 is 5.73 Å². The Labute approximate surface area is 87.3 Å². The van der Waals surface area contributed by atoms with E-state index in [1.165, 1.54) is 11.1 Å². The minimum absolute atomic E-state index is 0.793. The highest BCUT2D eigenvalue weighted by molar-refractivity contribution is 5.35. The van der Waals surface area contributed by atoms with Gasteiger partial charge in [-0.1, -0.05) is 32.0 Å². The van der Waals surface area contributed by atoms with Gasteiger partial charge in [-0.2, -0.15) is 0 Å². The van der Waals surface area contributed by atoms with E-state index in [1.807, 2.05) is 0 Å². The monoisotopic (exact) mass is 191 g/mol. The fraction of sp³-hybridized carbons (Fsp3) is 0.538. The van der Waals surface area contributed by atoms with Gasteiger partial charge in [-0.3, -0.25) is 0 Å². The first-order valence-electron chi connectivity index (χ1n) is 5.63. The summed E-state index contributed by atoms with van der Waals surface area (Å²) in [5, 5.41) is 0. The molecule has 1 rings (SSSR count). The molecule has 0 aliphatic rings. The molecule has 0 heterocycles. The van der Waals surface area contributed by atoms with Gasteiger partial charge in [0.2, 0.25) is 0 Å². The third kappa shape index (κ3) is 2.58. The Morgan fingerprint density at radius 2 is 1.64 bits per heavy atom. The van der Waals surface area contributed by atoms with Gasteiger partial charge in [0.1, 0.15) is 0 Å². The Hall–Kier alpha value is -0.820. The van der Waals surface area contributed by atoms with Crippen molar-refractivity contribution in [1.29, 1.82) is 0 Å². The predicted molar refractivity (Wildman–Crippen MR) is 62.6 cm³/mol. The lowest BCUT2D eigenvalue weighted by Crippen LogP contribution is -2.04. The lowest BCUT2D eigenvalue weighted by Gasteiger charge is -2.12. The Bertz CT molecular complexity index is 256. The summed E-state index contributed by atoms with van der Waals surface area (Å²) in [6.45, 7) is 5.24. The van der Waals surface area contributed by atoms with Gasteiger partial charge in [0.05, 0.1) is 0 Å². The largest absolute Gasteiger partial charge is 0.330 e. The lowest BCUT2D eigenvalue weighted by atomic mass is 9.94. The Morgan fingerprint density at radius 1 is 1.07 bits per heavy atom. The second-order valence-electron chi connectivity index (χ2n) is 3.65. The molecule has 78 valence electrons. The molecule has 0 unspecified atom stereocenters. The van der Waals surface area contributed by atoms with Crippen LogP contribution in [0.2, 0.25) is 0 Å². The first-order valence-corrected chi connectivity index (χ1v) is 5.63. The van der Waals surface area contributed by atoms with Crippen molar-refractivity contribution < 1.29 is 0 Å². The molecule has 0 atom stereocenters. The Kier molecular flexibility index (Phi) is 4.68. The van der Waals surface area contributed by atoms with Gasteiger partial charge in [0, 0.05) is 0 Å². The first kappa shape index (κ1) is 11.3. The zero-order valence-electron chi connectivity index (χ0n) is 9.34. The average molecular weight is 191 g/mol. The smallest absolute Gasteiger partial charge is 0.00741 e. The van der Waals surface area contributed by atoms with Gasteiger partial charge < -0.3 is 5.73 Å². The lowest BCUT2D eigenvalue weighted by molar-refractivity contribution is 0.811. The van der Waals surface area contributed by atoms with Crippen LogP contribution in [0.5, 0.6) is 0 Å². The average Bonchev–Trinajstić information content (AvgIpc) is 2.25. The summed E-state index contributed by atoms with van der Waals surface area (Å²) in [7, 11) is 0. The molecule has 0 aliphatic carbocycles. The first-order chi connectivity index (χ1) is 6.83. The van der Waals surface area contributed by atoms with Crippen LogP contribution in [0.1, 0.15) is 37.0 Å². The number of nitrogens with two attached hydrogens (primary N) is 1. The molecule has 1 heteroatoms. The van der Waals surface area contributed by atoms with Crippen molar-refractivity contribution >= 4 is 0 Å². The van der Waals surface area contributed by atoms with E-state index in [4.69, 9.17) is 5.73 Å². The summed E-state index contributed by atoms with van der Waals surface area (Å²) in [5.74, 6) is 0. The number of aryl methyl sites for hydroxylation is 2. The van der Waals surface area contributed by atoms with Gasteiger partial charge in [-0.15, -0.1) is 0 Å². The second kappa shape index (κ2) is 5.82. The third-order valence-electron chi connectivity index (χ3n) is 2.76. The van der Waals surface area contributed by atoms with Crippen LogP contribution in [0, 0.1) is 0 Å². The molecule has 0 fully saturated rings. The molecule has 0 aliphatic heterocycles. The molecule has 0 aromatic heterocycles. The fourth-order valence-corrected chi connectivity index (χ4v) is 1.95. The number of hydrogen-bond acceptors (Lipinski definition) is 1. The van der Waals surface area contributed by atoms with E-state index >= 15 is 0 Å². The molecule has 1 aromatic carbocycles. The summed E-state index contributed by atoms with van der Waals surface area (Å²) < 4.78 is 0. The van der Waals surface area contributed by atoms with Gasteiger partial charge in [-0.25, -0.2) is 0 Å². The standard InChI is InChI=1S/C13H21N/c1-3-11-7-5-8-12(4-2)13(11)9-6-10-14/h5,7-8H,3-4,6,9-10,14H2,1-2H3. The van der Waals surface area contributed by atoms with E-state index in [2.05, 4.69) is 32.0 Å². The summed E-state index contributed by atoms with van der Waals surface area (Å²) in [5.41, 5.74) is 10.1. The number of rotatable bonds is 5. The van der Waals surface area contributed by atoms with E-state index in [-0.39, 0.29) is 0 Å². The zero-order valence-corrected chi connectivity index (χ0v) is 9.34. The molecule has 14 heavy (non-hydrogen) atoms. The van der Waals surface area contributed by atoms with Crippen molar-refractivity contribution in [2.75, 3.05) is 6.54 Å². The highest BCUT2D eigenvalue weighted by atomic mass is 14.5. The van der Waals surface area contributed by atoms with E-state index in [1.54, 1.807) is 5.56 Å². The van der Waals surface area contributed by atoms with Crippen molar-refractivity contribution in [2.24, 2.45) is 5.73 Å². The molecule has 1 aromatic rings. The maximum absolute atomic E-state index is 5.56. The SMILES string of the molecule is CCc1cccc(CC)c1CCCN. The molecule has 0 saturated heterocycles. The topological polar surface area (TPSA) is 26.0 Å². The fourth-order valence-electron chi connectivity index (χ4n) is 1.95. The van der Waals surface area contributed by atoms with Crippen molar-refractivity contribution in [3.8, 4) is 0 Å². The number of benzene rings is 1. The molecule has 0 saturated carbocycles. The van der Waals surface area contributed by atoms with E-state index < -0.39 is 0 Å². The van der Waals surface area contributed by atoms with Crippen LogP contribution in [0.4, 0.5) is 0 Å². The van der Waals surface area contributed by atoms with Crippen LogP contribution in [0.3, 0.4) is 0 Å². The third-order valence-corrected chi connectivity index (χ3v) is 2.76. The van der Waals surface area contributed by atoms with Crippen LogP contribution in [0.15, 0.2) is 18.2 Å². The predicted octanol–water partition coefficient (Wildman–Crippen LogP) is 2.70. The molecule has 0 bridgehead atoms. The molecular weight excluding hydrogens is 170 g/mol. The van der Waals surface area contributed by atoms with Crippen LogP contribution >= 0.6 is 0 Å². The van der Waals surface area contributed by atoms with Crippen LogP contribution in [-0.2, 0) is 19.3 Å². The second-order valence-corrected chi connectivity index (χ2v) is 3.65. The van der Waals surface area contributed by atoms with Gasteiger partial charge in [-0.05, 0) is 48.9 Å². The van der Waals surface area contributed by atoms with Gasteiger partial charge >= 0.3 is 0 Å². The molecule has 0 spiro atoms. The quantitative estimate of drug-likeness (QED) is 0.761. The Morgan fingerprint density at radius 3 is 2.07 bits per heavy atom. The highest BCUT2D eigenvalue weighted by Crippen LogP contribution is 2.18. The minimum atomic E-state index is 0.793. The van der Waals surface area contributed by atoms with Crippen molar-refractivity contribution in [2.45, 2.75) is 39.5 Å². The summed E-state index contributed by atoms with van der Waals surface area (Å²) >= 11 is 0. The molecular formula is C13H21N. The van der Waals surface area contributed by atoms with Crippen molar-refractivity contribution in [3.63, 3.8) is 0 Å². The summed E-state index contributed by atoms with van der Waals surface area (Å²) in [6, 6.07) is 6.65. The number of hydrogen-bond donors (Lipinski definition) is 1. The van der Waals surface area contributed by atoms with Crippen LogP contribution in [-0.4, -0.2) is 6.54 Å². The minimum Gasteiger partial charge on any atom is -0.330 e. The van der Waals surface area contributed by atoms with Crippen molar-refractivity contribution in [3.05, 3.63) is 34.9 Å². The molecule has 0 radical (unpaired) electrons.